The lowest BCUT2D eigenvalue weighted by atomic mass is 10.2. The summed E-state index contributed by atoms with van der Waals surface area (Å²) in [6.45, 7) is 3.83. The molecule has 1 fully saturated rings. The largest absolute Gasteiger partial charge is 0.399 e. The van der Waals surface area contributed by atoms with Crippen molar-refractivity contribution in [1.82, 2.24) is 4.90 Å². The highest BCUT2D eigenvalue weighted by Crippen LogP contribution is 2.19. The average molecular weight is 311 g/mol. The molecule has 1 saturated heterocycles. The highest BCUT2D eigenvalue weighted by atomic mass is 32.2. The van der Waals surface area contributed by atoms with Crippen molar-refractivity contribution >= 4 is 27.1 Å². The zero-order valence-corrected chi connectivity index (χ0v) is 13.1. The van der Waals surface area contributed by atoms with E-state index in [0.29, 0.717) is 31.9 Å². The first-order chi connectivity index (χ1) is 9.79. The molecule has 1 atom stereocenters. The summed E-state index contributed by atoms with van der Waals surface area (Å²) in [4.78, 5) is 15.9. The van der Waals surface area contributed by atoms with E-state index in [1.54, 1.807) is 4.90 Å². The molecule has 1 amide bonds. The number of piperazine rings is 1. The lowest BCUT2D eigenvalue weighted by molar-refractivity contribution is -0.130. The van der Waals surface area contributed by atoms with Gasteiger partial charge < -0.3 is 15.5 Å². The van der Waals surface area contributed by atoms with Gasteiger partial charge >= 0.3 is 0 Å². The maximum absolute atomic E-state index is 12.2. The standard InChI is InChI=1S/C14H21N3O3S/c1-11(21(2,19)20)14(18)17-8-6-16(7-9-17)13-5-3-4-12(15)10-13/h3-5,10-11H,6-9,15H2,1-2H3. The van der Waals surface area contributed by atoms with Crippen LogP contribution < -0.4 is 10.6 Å². The summed E-state index contributed by atoms with van der Waals surface area (Å²) >= 11 is 0. The fourth-order valence-electron chi connectivity index (χ4n) is 2.35. The summed E-state index contributed by atoms with van der Waals surface area (Å²) < 4.78 is 22.9. The molecule has 1 aromatic rings. The summed E-state index contributed by atoms with van der Waals surface area (Å²) in [5, 5.41) is -0.976. The molecule has 1 aliphatic rings. The first-order valence-electron chi connectivity index (χ1n) is 6.87. The Morgan fingerprint density at radius 3 is 2.38 bits per heavy atom. The van der Waals surface area contributed by atoms with Gasteiger partial charge in [0.25, 0.3) is 0 Å². The summed E-state index contributed by atoms with van der Waals surface area (Å²) in [5.74, 6) is -0.315. The van der Waals surface area contributed by atoms with E-state index in [2.05, 4.69) is 4.90 Å². The Morgan fingerprint density at radius 2 is 1.86 bits per heavy atom. The molecule has 21 heavy (non-hydrogen) atoms. The second-order valence-corrected chi connectivity index (χ2v) is 7.75. The lowest BCUT2D eigenvalue weighted by Crippen LogP contribution is -2.52. The number of carbonyl (C=O) groups is 1. The molecule has 6 nitrogen and oxygen atoms in total. The average Bonchev–Trinajstić information content (AvgIpc) is 2.45. The Kier molecular flexibility index (Phi) is 4.41. The van der Waals surface area contributed by atoms with E-state index in [-0.39, 0.29) is 5.91 Å². The van der Waals surface area contributed by atoms with Gasteiger partial charge in [-0.25, -0.2) is 8.42 Å². The van der Waals surface area contributed by atoms with Gasteiger partial charge in [0, 0.05) is 43.8 Å². The first kappa shape index (κ1) is 15.6. The molecule has 7 heteroatoms. The van der Waals surface area contributed by atoms with Gasteiger partial charge in [0.1, 0.15) is 5.25 Å². The molecule has 1 aromatic carbocycles. The smallest absolute Gasteiger partial charge is 0.240 e. The molecule has 0 saturated carbocycles. The predicted octanol–water partition coefficient (Wildman–Crippen LogP) is 0.351. The zero-order valence-electron chi connectivity index (χ0n) is 12.3. The minimum atomic E-state index is -3.34. The molecule has 116 valence electrons. The highest BCUT2D eigenvalue weighted by molar-refractivity contribution is 7.92. The number of anilines is 2. The number of sulfone groups is 1. The quantitative estimate of drug-likeness (QED) is 0.814. The van der Waals surface area contributed by atoms with Crippen LogP contribution in [-0.2, 0) is 14.6 Å². The molecule has 1 aliphatic heterocycles. The van der Waals surface area contributed by atoms with Crippen LogP contribution in [0.25, 0.3) is 0 Å². The Bertz CT molecular complexity index is 622. The van der Waals surface area contributed by atoms with E-state index in [9.17, 15) is 13.2 Å². The molecule has 2 rings (SSSR count). The van der Waals surface area contributed by atoms with Crippen molar-refractivity contribution in [1.29, 1.82) is 0 Å². The number of nitrogens with zero attached hydrogens (tertiary/aromatic N) is 2. The van der Waals surface area contributed by atoms with Crippen molar-refractivity contribution in [2.24, 2.45) is 0 Å². The molecular formula is C14H21N3O3S. The minimum absolute atomic E-state index is 0.315. The van der Waals surface area contributed by atoms with Gasteiger partial charge in [0.05, 0.1) is 0 Å². The maximum atomic E-state index is 12.2. The van der Waals surface area contributed by atoms with Crippen molar-refractivity contribution < 1.29 is 13.2 Å². The van der Waals surface area contributed by atoms with Crippen LogP contribution in [0.15, 0.2) is 24.3 Å². The van der Waals surface area contributed by atoms with Crippen molar-refractivity contribution in [3.63, 3.8) is 0 Å². The van der Waals surface area contributed by atoms with E-state index in [0.717, 1.165) is 11.9 Å². The van der Waals surface area contributed by atoms with Gasteiger partial charge in [-0.3, -0.25) is 4.79 Å². The number of hydrogen-bond donors (Lipinski definition) is 1. The van der Waals surface area contributed by atoms with Crippen molar-refractivity contribution in [3.8, 4) is 0 Å². The normalized spacial score (nSPS) is 17.6. The molecule has 0 aromatic heterocycles. The van der Waals surface area contributed by atoms with Crippen LogP contribution in [0.4, 0.5) is 11.4 Å². The lowest BCUT2D eigenvalue weighted by Gasteiger charge is -2.37. The van der Waals surface area contributed by atoms with Gasteiger partial charge in [-0.1, -0.05) is 6.07 Å². The number of hydrogen-bond acceptors (Lipinski definition) is 5. The topological polar surface area (TPSA) is 83.7 Å². The molecule has 0 bridgehead atoms. The number of rotatable bonds is 3. The Balaban J connectivity index is 1.99. The van der Waals surface area contributed by atoms with E-state index >= 15 is 0 Å². The van der Waals surface area contributed by atoms with Gasteiger partial charge in [-0.15, -0.1) is 0 Å². The third-order valence-corrected chi connectivity index (χ3v) is 5.30. The van der Waals surface area contributed by atoms with Gasteiger partial charge in [-0.2, -0.15) is 0 Å². The van der Waals surface area contributed by atoms with Crippen LogP contribution in [0.3, 0.4) is 0 Å². The van der Waals surface area contributed by atoms with E-state index in [1.807, 2.05) is 24.3 Å². The summed E-state index contributed by atoms with van der Waals surface area (Å²) in [5.41, 5.74) is 7.50. The summed E-state index contributed by atoms with van der Waals surface area (Å²) in [6.07, 6.45) is 1.10. The van der Waals surface area contributed by atoms with Crippen LogP contribution >= 0.6 is 0 Å². The number of carbonyl (C=O) groups excluding carboxylic acids is 1. The predicted molar refractivity (Wildman–Crippen MR) is 84.0 cm³/mol. The molecule has 0 spiro atoms. The second-order valence-electron chi connectivity index (χ2n) is 5.38. The third-order valence-electron chi connectivity index (χ3n) is 3.82. The summed E-state index contributed by atoms with van der Waals surface area (Å²) in [7, 11) is -3.34. The van der Waals surface area contributed by atoms with Gasteiger partial charge in [-0.05, 0) is 25.1 Å². The number of amides is 1. The van der Waals surface area contributed by atoms with Crippen LogP contribution in [-0.4, -0.2) is 56.9 Å². The van der Waals surface area contributed by atoms with Crippen molar-refractivity contribution in [2.45, 2.75) is 12.2 Å². The van der Waals surface area contributed by atoms with Gasteiger partial charge in [0.2, 0.25) is 5.91 Å². The first-order valence-corrected chi connectivity index (χ1v) is 8.82. The fraction of sp³-hybridized carbons (Fsp3) is 0.500. The molecule has 1 unspecified atom stereocenters. The number of benzene rings is 1. The van der Waals surface area contributed by atoms with Crippen LogP contribution in [0, 0.1) is 0 Å². The SMILES string of the molecule is CC(C(=O)N1CCN(c2cccc(N)c2)CC1)S(C)(=O)=O. The van der Waals surface area contributed by atoms with E-state index in [1.165, 1.54) is 6.92 Å². The molecular weight excluding hydrogens is 290 g/mol. The fourth-order valence-corrected chi connectivity index (χ4v) is 2.86. The minimum Gasteiger partial charge on any atom is -0.399 e. The Labute approximate surface area is 125 Å². The van der Waals surface area contributed by atoms with E-state index < -0.39 is 15.1 Å². The maximum Gasteiger partial charge on any atom is 0.240 e. The van der Waals surface area contributed by atoms with Crippen molar-refractivity contribution in [2.75, 3.05) is 43.1 Å². The van der Waals surface area contributed by atoms with Crippen LogP contribution in [0.1, 0.15) is 6.92 Å². The van der Waals surface area contributed by atoms with Gasteiger partial charge in [0.15, 0.2) is 9.84 Å². The highest BCUT2D eigenvalue weighted by Gasteiger charge is 2.30. The number of nitrogen functional groups attached to an aromatic ring is 1. The van der Waals surface area contributed by atoms with Crippen LogP contribution in [0.2, 0.25) is 0 Å². The van der Waals surface area contributed by atoms with E-state index in [4.69, 9.17) is 5.73 Å². The number of nitrogens with two attached hydrogens (primary N) is 1. The Morgan fingerprint density at radius 1 is 1.24 bits per heavy atom. The zero-order chi connectivity index (χ0) is 15.6. The monoisotopic (exact) mass is 311 g/mol. The molecule has 2 N–H and O–H groups in total. The Hall–Kier alpha value is -1.76. The van der Waals surface area contributed by atoms with Crippen molar-refractivity contribution in [3.05, 3.63) is 24.3 Å². The molecule has 0 aliphatic carbocycles. The second kappa shape index (κ2) is 5.93. The third kappa shape index (κ3) is 3.66. The van der Waals surface area contributed by atoms with Crippen LogP contribution in [0.5, 0.6) is 0 Å². The molecule has 1 heterocycles. The summed E-state index contributed by atoms with van der Waals surface area (Å²) in [6, 6.07) is 7.61. The molecule has 0 radical (unpaired) electrons.